The summed E-state index contributed by atoms with van der Waals surface area (Å²) in [5, 5.41) is 9.72. The van der Waals surface area contributed by atoms with Gasteiger partial charge in [0.1, 0.15) is 12.0 Å². The number of ether oxygens (including phenoxy) is 1. The molecule has 1 heterocycles. The monoisotopic (exact) mass is 213 g/mol. The first kappa shape index (κ1) is 12.0. The molecule has 5 nitrogen and oxygen atoms in total. The molecule has 0 aliphatic heterocycles. The first-order valence-electron chi connectivity index (χ1n) is 5.17. The Kier molecular flexibility index (Phi) is 4.11. The quantitative estimate of drug-likeness (QED) is 0.561. The van der Waals surface area contributed by atoms with E-state index in [1.54, 1.807) is 0 Å². The number of nitrogens with two attached hydrogens (primary N) is 1. The number of hydrogen-bond donors (Lipinski definition) is 2. The number of imidazole rings is 1. The van der Waals surface area contributed by atoms with Crippen LogP contribution in [0.1, 0.15) is 38.4 Å². The maximum atomic E-state index is 9.72. The number of aliphatic hydroxyl groups excluding tert-OH is 1. The maximum absolute atomic E-state index is 9.72. The lowest BCUT2D eigenvalue weighted by Gasteiger charge is -2.13. The third kappa shape index (κ3) is 2.94. The van der Waals surface area contributed by atoms with Gasteiger partial charge in [0.2, 0.25) is 0 Å². The zero-order valence-corrected chi connectivity index (χ0v) is 9.47. The molecule has 15 heavy (non-hydrogen) atoms. The molecule has 0 aliphatic rings. The van der Waals surface area contributed by atoms with E-state index < -0.39 is 6.29 Å². The summed E-state index contributed by atoms with van der Waals surface area (Å²) in [5.41, 5.74) is 1.35. The normalized spacial score (nSPS) is 13.4. The van der Waals surface area contributed by atoms with Gasteiger partial charge in [0.15, 0.2) is 6.29 Å². The lowest BCUT2D eigenvalue weighted by atomic mass is 10.1. The standard InChI is InChI=1S/C10H19N3O2/c1-4-15-10(14)9-8(5-7(2)3)12-6-13(9)11/h6-7,10,14H,4-5,11H2,1-3H3. The average Bonchev–Trinajstić information content (AvgIpc) is 2.46. The van der Waals surface area contributed by atoms with Crippen molar-refractivity contribution in [1.82, 2.24) is 9.66 Å². The topological polar surface area (TPSA) is 73.3 Å². The van der Waals surface area contributed by atoms with E-state index in [1.807, 2.05) is 6.92 Å². The number of rotatable bonds is 5. The number of aromatic nitrogens is 2. The van der Waals surface area contributed by atoms with Gasteiger partial charge in [0, 0.05) is 6.61 Å². The van der Waals surface area contributed by atoms with Crippen LogP contribution in [0.3, 0.4) is 0 Å². The molecule has 0 amide bonds. The molecule has 0 saturated heterocycles. The number of aliphatic hydroxyl groups is 1. The Hall–Kier alpha value is -1.07. The highest BCUT2D eigenvalue weighted by Gasteiger charge is 2.18. The molecule has 0 aromatic carbocycles. The first-order chi connectivity index (χ1) is 7.06. The fourth-order valence-electron chi connectivity index (χ4n) is 1.46. The summed E-state index contributed by atoms with van der Waals surface area (Å²) in [6.45, 7) is 6.44. The Morgan fingerprint density at radius 2 is 2.27 bits per heavy atom. The Labute approximate surface area is 89.8 Å². The molecular formula is C10H19N3O2. The molecule has 0 radical (unpaired) electrons. The van der Waals surface area contributed by atoms with Crippen molar-refractivity contribution in [1.29, 1.82) is 0 Å². The second kappa shape index (κ2) is 5.14. The van der Waals surface area contributed by atoms with Crippen LogP contribution in [0, 0.1) is 5.92 Å². The molecular weight excluding hydrogens is 194 g/mol. The van der Waals surface area contributed by atoms with Crippen LogP contribution in [0.5, 0.6) is 0 Å². The predicted molar refractivity (Wildman–Crippen MR) is 57.5 cm³/mol. The van der Waals surface area contributed by atoms with Crippen molar-refractivity contribution in [3.63, 3.8) is 0 Å². The van der Waals surface area contributed by atoms with Crippen LogP contribution in [0.15, 0.2) is 6.33 Å². The zero-order chi connectivity index (χ0) is 11.4. The molecule has 5 heteroatoms. The van der Waals surface area contributed by atoms with Crippen molar-refractivity contribution < 1.29 is 9.84 Å². The summed E-state index contributed by atoms with van der Waals surface area (Å²) in [5.74, 6) is 6.13. The van der Waals surface area contributed by atoms with E-state index >= 15 is 0 Å². The minimum absolute atomic E-state index is 0.438. The zero-order valence-electron chi connectivity index (χ0n) is 9.47. The van der Waals surface area contributed by atoms with Crippen LogP contribution in [0.25, 0.3) is 0 Å². The van der Waals surface area contributed by atoms with E-state index in [-0.39, 0.29) is 0 Å². The number of nitrogen functional groups attached to an aromatic ring is 1. The maximum Gasteiger partial charge on any atom is 0.200 e. The summed E-state index contributed by atoms with van der Waals surface area (Å²) in [7, 11) is 0. The van der Waals surface area contributed by atoms with Gasteiger partial charge in [-0.05, 0) is 19.3 Å². The van der Waals surface area contributed by atoms with Crippen molar-refractivity contribution in [3.05, 3.63) is 17.7 Å². The summed E-state index contributed by atoms with van der Waals surface area (Å²) >= 11 is 0. The van der Waals surface area contributed by atoms with Gasteiger partial charge in [0.05, 0.1) is 5.69 Å². The highest BCUT2D eigenvalue weighted by atomic mass is 16.6. The molecule has 3 N–H and O–H groups in total. The van der Waals surface area contributed by atoms with Gasteiger partial charge in [-0.3, -0.25) is 0 Å². The van der Waals surface area contributed by atoms with E-state index in [9.17, 15) is 5.11 Å². The fraction of sp³-hybridized carbons (Fsp3) is 0.700. The molecule has 1 atom stereocenters. The Balaban J connectivity index is 2.88. The van der Waals surface area contributed by atoms with E-state index in [0.29, 0.717) is 18.2 Å². The molecule has 0 fully saturated rings. The van der Waals surface area contributed by atoms with Crippen LogP contribution in [-0.2, 0) is 11.2 Å². The third-order valence-corrected chi connectivity index (χ3v) is 2.07. The van der Waals surface area contributed by atoms with E-state index in [2.05, 4.69) is 18.8 Å². The molecule has 0 spiro atoms. The fourth-order valence-corrected chi connectivity index (χ4v) is 1.46. The Morgan fingerprint density at radius 1 is 1.60 bits per heavy atom. The minimum atomic E-state index is -0.990. The SMILES string of the molecule is CCOC(O)c1c(CC(C)C)ncn1N. The van der Waals surface area contributed by atoms with Crippen molar-refractivity contribution in [3.8, 4) is 0 Å². The van der Waals surface area contributed by atoms with Gasteiger partial charge in [-0.1, -0.05) is 13.8 Å². The highest BCUT2D eigenvalue weighted by molar-refractivity contribution is 5.15. The molecule has 1 aromatic rings. The van der Waals surface area contributed by atoms with Crippen LogP contribution in [-0.4, -0.2) is 21.4 Å². The largest absolute Gasteiger partial charge is 0.363 e. The second-order valence-electron chi connectivity index (χ2n) is 3.89. The predicted octanol–water partition coefficient (Wildman–Crippen LogP) is 0.823. The van der Waals surface area contributed by atoms with Gasteiger partial charge in [-0.25, -0.2) is 9.66 Å². The Bertz CT molecular complexity index is 310. The van der Waals surface area contributed by atoms with E-state index in [4.69, 9.17) is 10.6 Å². The summed E-state index contributed by atoms with van der Waals surface area (Å²) in [6, 6.07) is 0. The second-order valence-corrected chi connectivity index (χ2v) is 3.89. The van der Waals surface area contributed by atoms with Gasteiger partial charge in [-0.2, -0.15) is 0 Å². The van der Waals surface area contributed by atoms with E-state index in [1.165, 1.54) is 11.0 Å². The van der Waals surface area contributed by atoms with Crippen molar-refractivity contribution in [2.24, 2.45) is 5.92 Å². The van der Waals surface area contributed by atoms with Crippen LogP contribution >= 0.6 is 0 Å². The summed E-state index contributed by atoms with van der Waals surface area (Å²) < 4.78 is 6.42. The average molecular weight is 213 g/mol. The van der Waals surface area contributed by atoms with Crippen molar-refractivity contribution >= 4 is 0 Å². The van der Waals surface area contributed by atoms with Crippen LogP contribution in [0.4, 0.5) is 0 Å². The molecule has 1 rings (SSSR count). The molecule has 1 unspecified atom stereocenters. The molecule has 86 valence electrons. The molecule has 0 aliphatic carbocycles. The number of nitrogens with zero attached hydrogens (tertiary/aromatic N) is 2. The lowest BCUT2D eigenvalue weighted by Crippen LogP contribution is -2.17. The van der Waals surface area contributed by atoms with Gasteiger partial charge in [0.25, 0.3) is 0 Å². The summed E-state index contributed by atoms with van der Waals surface area (Å²) in [4.78, 5) is 4.16. The van der Waals surface area contributed by atoms with Gasteiger partial charge in [-0.15, -0.1) is 0 Å². The van der Waals surface area contributed by atoms with Crippen molar-refractivity contribution in [2.75, 3.05) is 12.4 Å². The molecule has 1 aromatic heterocycles. The lowest BCUT2D eigenvalue weighted by molar-refractivity contribution is -0.102. The molecule has 0 saturated carbocycles. The highest BCUT2D eigenvalue weighted by Crippen LogP contribution is 2.19. The van der Waals surface area contributed by atoms with Crippen LogP contribution in [0.2, 0.25) is 0 Å². The van der Waals surface area contributed by atoms with Crippen molar-refractivity contribution in [2.45, 2.75) is 33.5 Å². The van der Waals surface area contributed by atoms with Gasteiger partial charge < -0.3 is 15.7 Å². The summed E-state index contributed by atoms with van der Waals surface area (Å²) in [6.07, 6.45) is 1.29. The number of hydrogen-bond acceptors (Lipinski definition) is 4. The third-order valence-electron chi connectivity index (χ3n) is 2.07. The van der Waals surface area contributed by atoms with Crippen LogP contribution < -0.4 is 5.84 Å². The smallest absolute Gasteiger partial charge is 0.200 e. The van der Waals surface area contributed by atoms with Gasteiger partial charge >= 0.3 is 0 Å². The first-order valence-corrected chi connectivity index (χ1v) is 5.17. The minimum Gasteiger partial charge on any atom is -0.363 e. The molecule has 0 bridgehead atoms. The van der Waals surface area contributed by atoms with E-state index in [0.717, 1.165) is 12.1 Å². The Morgan fingerprint density at radius 3 is 2.80 bits per heavy atom.